The van der Waals surface area contributed by atoms with Crippen molar-refractivity contribution in [3.63, 3.8) is 0 Å². The molecule has 1 unspecified atom stereocenters. The minimum Gasteiger partial charge on any atom is -0.481 e. The topological polar surface area (TPSA) is 95.9 Å². The van der Waals surface area contributed by atoms with Crippen LogP contribution in [0.5, 0.6) is 0 Å². The highest BCUT2D eigenvalue weighted by molar-refractivity contribution is 5.87. The Kier molecular flexibility index (Phi) is 6.50. The Hall–Kier alpha value is -3.35. The molecule has 1 saturated heterocycles. The Labute approximate surface area is 205 Å². The van der Waals surface area contributed by atoms with Crippen LogP contribution in [0.1, 0.15) is 56.1 Å². The molecule has 35 heavy (non-hydrogen) atoms. The summed E-state index contributed by atoms with van der Waals surface area (Å²) in [5.41, 5.74) is 4.61. The zero-order chi connectivity index (χ0) is 24.5. The predicted molar refractivity (Wildman–Crippen MR) is 131 cm³/mol. The lowest BCUT2D eigenvalue weighted by atomic mass is 9.78. The number of carboxylic acids is 1. The van der Waals surface area contributed by atoms with Crippen molar-refractivity contribution >= 4 is 18.0 Å². The van der Waals surface area contributed by atoms with E-state index in [4.69, 9.17) is 4.74 Å². The summed E-state index contributed by atoms with van der Waals surface area (Å²) >= 11 is 0. The van der Waals surface area contributed by atoms with Crippen LogP contribution in [0.4, 0.5) is 4.79 Å². The van der Waals surface area contributed by atoms with Gasteiger partial charge in [-0.25, -0.2) is 4.79 Å². The number of likely N-dealkylation sites (tertiary alicyclic amines) is 1. The van der Waals surface area contributed by atoms with Gasteiger partial charge in [-0.15, -0.1) is 0 Å². The molecule has 7 heteroatoms. The van der Waals surface area contributed by atoms with Crippen molar-refractivity contribution < 1.29 is 24.2 Å². The number of fused-ring (bicyclic) bond motifs is 3. The predicted octanol–water partition coefficient (Wildman–Crippen LogP) is 4.41. The maximum atomic E-state index is 13.5. The quantitative estimate of drug-likeness (QED) is 0.644. The summed E-state index contributed by atoms with van der Waals surface area (Å²) in [6, 6.07) is 15.5. The van der Waals surface area contributed by atoms with Crippen molar-refractivity contribution in [2.24, 2.45) is 11.8 Å². The Morgan fingerprint density at radius 3 is 2.20 bits per heavy atom. The van der Waals surface area contributed by atoms with Gasteiger partial charge in [-0.1, -0.05) is 55.0 Å². The number of carbonyl (C=O) groups is 3. The van der Waals surface area contributed by atoms with Crippen LogP contribution in [0.15, 0.2) is 48.5 Å². The average molecular weight is 477 g/mol. The molecule has 0 radical (unpaired) electrons. The molecule has 3 aliphatic rings. The van der Waals surface area contributed by atoms with Crippen LogP contribution in [-0.4, -0.2) is 53.2 Å². The first kappa shape index (κ1) is 23.4. The van der Waals surface area contributed by atoms with Crippen molar-refractivity contribution in [3.05, 3.63) is 59.7 Å². The van der Waals surface area contributed by atoms with Gasteiger partial charge in [0.15, 0.2) is 0 Å². The molecule has 0 spiro atoms. The second kappa shape index (κ2) is 9.72. The summed E-state index contributed by atoms with van der Waals surface area (Å²) in [6.07, 6.45) is 3.11. The van der Waals surface area contributed by atoms with Gasteiger partial charge in [0.05, 0.1) is 5.92 Å². The summed E-state index contributed by atoms with van der Waals surface area (Å²) < 4.78 is 5.70. The van der Waals surface area contributed by atoms with Crippen LogP contribution in [0.25, 0.3) is 11.1 Å². The minimum absolute atomic E-state index is 0.0407. The monoisotopic (exact) mass is 476 g/mol. The van der Waals surface area contributed by atoms with E-state index in [1.165, 1.54) is 11.1 Å². The van der Waals surface area contributed by atoms with Crippen LogP contribution in [0, 0.1) is 11.8 Å². The second-order valence-corrected chi connectivity index (χ2v) is 10.1. The first-order valence-electron chi connectivity index (χ1n) is 12.6. The van der Waals surface area contributed by atoms with Gasteiger partial charge >= 0.3 is 12.1 Å². The average Bonchev–Trinajstić information content (AvgIpc) is 3.14. The van der Waals surface area contributed by atoms with Gasteiger partial charge < -0.3 is 20.1 Å². The van der Waals surface area contributed by atoms with Gasteiger partial charge in [0.25, 0.3) is 0 Å². The molecule has 2 amide bonds. The number of aliphatic carboxylic acids is 1. The summed E-state index contributed by atoms with van der Waals surface area (Å²) in [6.45, 7) is 2.48. The van der Waals surface area contributed by atoms with E-state index in [-0.39, 0.29) is 30.4 Å². The van der Waals surface area contributed by atoms with E-state index in [1.807, 2.05) is 31.2 Å². The van der Waals surface area contributed by atoms with Gasteiger partial charge in [-0.3, -0.25) is 9.59 Å². The molecule has 2 aromatic carbocycles. The van der Waals surface area contributed by atoms with E-state index in [0.717, 1.165) is 30.4 Å². The number of hydrogen-bond acceptors (Lipinski definition) is 4. The van der Waals surface area contributed by atoms with Gasteiger partial charge in [0.1, 0.15) is 12.6 Å². The lowest BCUT2D eigenvalue weighted by Crippen LogP contribution is -2.57. The highest BCUT2D eigenvalue weighted by Gasteiger charge is 2.40. The first-order valence-corrected chi connectivity index (χ1v) is 12.6. The fourth-order valence-corrected chi connectivity index (χ4v) is 5.82. The van der Waals surface area contributed by atoms with Crippen LogP contribution in [-0.2, 0) is 14.3 Å². The van der Waals surface area contributed by atoms with E-state index in [2.05, 4.69) is 29.6 Å². The number of amides is 2. The molecule has 0 bridgehead atoms. The Balaban J connectivity index is 1.25. The number of rotatable bonds is 6. The molecule has 184 valence electrons. The Morgan fingerprint density at radius 2 is 1.66 bits per heavy atom. The maximum Gasteiger partial charge on any atom is 0.407 e. The number of nitrogens with zero attached hydrogens (tertiary/aromatic N) is 1. The molecule has 1 heterocycles. The first-order chi connectivity index (χ1) is 16.9. The number of carboxylic acid groups (broad SMARTS) is 1. The van der Waals surface area contributed by atoms with Gasteiger partial charge in [0, 0.05) is 18.5 Å². The smallest absolute Gasteiger partial charge is 0.407 e. The number of benzene rings is 2. The highest BCUT2D eigenvalue weighted by Crippen LogP contribution is 2.44. The Bertz CT molecular complexity index is 1080. The molecule has 1 aliphatic heterocycles. The zero-order valence-electron chi connectivity index (χ0n) is 20.0. The Morgan fingerprint density at radius 1 is 1.03 bits per heavy atom. The minimum atomic E-state index is -0.809. The van der Waals surface area contributed by atoms with E-state index >= 15 is 0 Å². The van der Waals surface area contributed by atoms with Crippen LogP contribution in [0.3, 0.4) is 0 Å². The van der Waals surface area contributed by atoms with Crippen molar-refractivity contribution in [1.82, 2.24) is 10.2 Å². The lowest BCUT2D eigenvalue weighted by Gasteiger charge is -2.41. The number of carbonyl (C=O) groups excluding carboxylic acids is 2. The fraction of sp³-hybridized carbons (Fsp3) is 0.464. The molecule has 2 aromatic rings. The number of alkyl carbamates (subject to hydrolysis) is 1. The third kappa shape index (κ3) is 4.51. The van der Waals surface area contributed by atoms with Gasteiger partial charge in [-0.2, -0.15) is 0 Å². The third-order valence-corrected chi connectivity index (χ3v) is 8.01. The van der Waals surface area contributed by atoms with Crippen molar-refractivity contribution in [1.29, 1.82) is 0 Å². The largest absolute Gasteiger partial charge is 0.481 e. The number of hydrogen-bond donors (Lipinski definition) is 2. The maximum absolute atomic E-state index is 13.5. The highest BCUT2D eigenvalue weighted by atomic mass is 16.5. The summed E-state index contributed by atoms with van der Waals surface area (Å²) in [7, 11) is 0. The summed E-state index contributed by atoms with van der Waals surface area (Å²) in [5, 5.41) is 12.2. The number of piperidine rings is 1. The van der Waals surface area contributed by atoms with E-state index in [9.17, 15) is 19.5 Å². The van der Waals surface area contributed by atoms with Gasteiger partial charge in [-0.05, 0) is 60.8 Å². The molecule has 5 rings (SSSR count). The zero-order valence-corrected chi connectivity index (χ0v) is 20.0. The molecule has 3 atom stereocenters. The van der Waals surface area contributed by atoms with E-state index < -0.39 is 24.0 Å². The summed E-state index contributed by atoms with van der Waals surface area (Å²) in [4.78, 5) is 39.5. The molecular formula is C28H32N2O5. The van der Waals surface area contributed by atoms with Gasteiger partial charge in [0.2, 0.25) is 5.91 Å². The molecule has 1 saturated carbocycles. The van der Waals surface area contributed by atoms with E-state index in [0.29, 0.717) is 19.4 Å². The van der Waals surface area contributed by atoms with Crippen molar-refractivity contribution in [2.45, 2.75) is 57.0 Å². The van der Waals surface area contributed by atoms with Crippen molar-refractivity contribution in [2.75, 3.05) is 13.2 Å². The molecule has 2 fully saturated rings. The number of ether oxygens (including phenoxy) is 1. The summed E-state index contributed by atoms with van der Waals surface area (Å²) in [5.74, 6) is -1.31. The van der Waals surface area contributed by atoms with Crippen LogP contribution >= 0.6 is 0 Å². The SMILES string of the molecule is C[C@@H]1C[C@H](C(=O)O)CCN1C(=O)C(NC(=O)OCC1c2ccccc2-c2ccccc21)C1CCC1. The molecule has 2 N–H and O–H groups in total. The third-order valence-electron chi connectivity index (χ3n) is 8.01. The molecule has 2 aliphatic carbocycles. The fourth-order valence-electron chi connectivity index (χ4n) is 5.82. The van der Waals surface area contributed by atoms with E-state index in [1.54, 1.807) is 4.90 Å². The van der Waals surface area contributed by atoms with Crippen LogP contribution in [0.2, 0.25) is 0 Å². The number of nitrogens with one attached hydrogen (secondary N) is 1. The standard InChI is InChI=1S/C28H32N2O5/c1-17-15-19(27(32)33)13-14-30(17)26(31)25(18-7-6-8-18)29-28(34)35-16-24-22-11-4-2-9-20(22)21-10-3-5-12-23(21)24/h2-5,9-12,17-19,24-25H,6-8,13-16H2,1H3,(H,29,34)(H,32,33)/t17-,19-,25?/m1/s1. The second-order valence-electron chi connectivity index (χ2n) is 10.1. The normalized spacial score (nSPS) is 22.5. The molecule has 7 nitrogen and oxygen atoms in total. The molecular weight excluding hydrogens is 444 g/mol. The van der Waals surface area contributed by atoms with Crippen molar-refractivity contribution in [3.8, 4) is 11.1 Å². The lowest BCUT2D eigenvalue weighted by molar-refractivity contribution is -0.148. The van der Waals surface area contributed by atoms with Crippen LogP contribution < -0.4 is 5.32 Å². The molecule has 0 aromatic heterocycles.